The number of hydrogen-bond acceptors (Lipinski definition) is 9. The number of aryl methyl sites for hydroxylation is 1. The summed E-state index contributed by atoms with van der Waals surface area (Å²) in [5.74, 6) is -0.408. The predicted molar refractivity (Wildman–Crippen MR) is 188 cm³/mol. The smallest absolute Gasteiger partial charge is 0.350 e. The zero-order valence-corrected chi connectivity index (χ0v) is 28.7. The summed E-state index contributed by atoms with van der Waals surface area (Å²) in [6, 6.07) is 21.5. The zero-order valence-electron chi connectivity index (χ0n) is 27.2. The van der Waals surface area contributed by atoms with E-state index in [1.807, 2.05) is 30.3 Å². The summed E-state index contributed by atoms with van der Waals surface area (Å²) in [5, 5.41) is 9.47. The normalized spacial score (nSPS) is 19.4. The number of nitrogens with zero attached hydrogens (tertiary/aromatic N) is 8. The molecule has 7 rings (SSSR count). The highest BCUT2D eigenvalue weighted by atomic mass is 35.5. The van der Waals surface area contributed by atoms with Crippen LogP contribution in [-0.2, 0) is 28.4 Å². The Hall–Kier alpha value is -4.36. The first-order chi connectivity index (χ1) is 23.9. The molecule has 0 radical (unpaired) electrons. The van der Waals surface area contributed by atoms with Crippen LogP contribution in [0.3, 0.4) is 0 Å². The number of benzene rings is 3. The lowest BCUT2D eigenvalue weighted by Gasteiger charge is -2.37. The lowest BCUT2D eigenvalue weighted by Crippen LogP contribution is -2.46. The number of ether oxygens (including phenoxy) is 3. The van der Waals surface area contributed by atoms with Crippen LogP contribution in [-0.4, -0.2) is 74.6 Å². The summed E-state index contributed by atoms with van der Waals surface area (Å²) in [6.07, 6.45) is 6.30. The fourth-order valence-corrected chi connectivity index (χ4v) is 6.80. The third-order valence-electron chi connectivity index (χ3n) is 8.90. The van der Waals surface area contributed by atoms with Gasteiger partial charge in [0.15, 0.2) is 0 Å². The van der Waals surface area contributed by atoms with Crippen molar-refractivity contribution in [2.24, 2.45) is 0 Å². The van der Waals surface area contributed by atoms with Gasteiger partial charge in [0.05, 0.1) is 17.3 Å². The van der Waals surface area contributed by atoms with Gasteiger partial charge in [-0.1, -0.05) is 42.6 Å². The van der Waals surface area contributed by atoms with Crippen molar-refractivity contribution in [3.8, 4) is 11.4 Å². The van der Waals surface area contributed by atoms with Crippen LogP contribution in [0.4, 0.5) is 11.4 Å². The van der Waals surface area contributed by atoms with Crippen molar-refractivity contribution in [3.63, 3.8) is 0 Å². The van der Waals surface area contributed by atoms with Crippen LogP contribution in [0.5, 0.6) is 5.75 Å². The Bertz CT molecular complexity index is 1890. The Morgan fingerprint density at radius 3 is 2.24 bits per heavy atom. The van der Waals surface area contributed by atoms with Crippen molar-refractivity contribution in [1.29, 1.82) is 0 Å². The van der Waals surface area contributed by atoms with Crippen LogP contribution in [0.2, 0.25) is 10.0 Å². The maximum Gasteiger partial charge on any atom is 0.350 e. The van der Waals surface area contributed by atoms with E-state index in [4.69, 9.17) is 37.4 Å². The number of aromatic nitrogens is 6. The van der Waals surface area contributed by atoms with Crippen LogP contribution < -0.4 is 20.2 Å². The molecule has 5 aromatic rings. The van der Waals surface area contributed by atoms with Crippen molar-refractivity contribution in [2.75, 3.05) is 49.2 Å². The van der Waals surface area contributed by atoms with Gasteiger partial charge in [-0.05, 0) is 67.1 Å². The van der Waals surface area contributed by atoms with Gasteiger partial charge in [-0.25, -0.2) is 23.7 Å². The van der Waals surface area contributed by atoms with Gasteiger partial charge in [-0.2, -0.15) is 10.2 Å². The van der Waals surface area contributed by atoms with Gasteiger partial charge >= 0.3 is 5.69 Å². The first-order valence-electron chi connectivity index (χ1n) is 16.5. The van der Waals surface area contributed by atoms with Crippen molar-refractivity contribution in [2.45, 2.75) is 44.7 Å². The first-order valence-corrected chi connectivity index (χ1v) is 17.2. The zero-order chi connectivity index (χ0) is 33.8. The van der Waals surface area contributed by atoms with Crippen molar-refractivity contribution in [3.05, 3.63) is 112 Å². The second-order valence-electron chi connectivity index (χ2n) is 12.2. The molecule has 3 aromatic carbocycles. The molecular formula is C35H38Cl2N8O4. The van der Waals surface area contributed by atoms with Crippen LogP contribution in [0.1, 0.15) is 25.3 Å². The molecule has 14 heteroatoms. The van der Waals surface area contributed by atoms with E-state index in [-0.39, 0.29) is 18.3 Å². The third-order valence-corrected chi connectivity index (χ3v) is 9.45. The maximum atomic E-state index is 12.7. The minimum absolute atomic E-state index is 0.104. The molecule has 2 unspecified atom stereocenters. The molecule has 0 bridgehead atoms. The van der Waals surface area contributed by atoms with Crippen molar-refractivity contribution >= 4 is 34.6 Å². The standard InChI is InChI=1S/C35H38Cl2N8O4/c1-2-3-14-45-34(46)44(25-40-45)29-7-5-27(6-8-29)41-15-17-42(18-16-41)28-9-11-30(12-10-28)47-20-31-21-48-35(49-31,22-43-24-38-23-39-43)32-13-4-26(36)19-33(32)37/h4-13,19,23-25,31H,2-3,14-18,20-22H2,1H3. The lowest BCUT2D eigenvalue weighted by molar-refractivity contribution is -0.190. The minimum atomic E-state index is -1.16. The van der Waals surface area contributed by atoms with E-state index in [0.29, 0.717) is 35.4 Å². The van der Waals surface area contributed by atoms with Crippen LogP contribution in [0.25, 0.3) is 5.69 Å². The fourth-order valence-electron chi connectivity index (χ4n) is 6.25. The molecule has 256 valence electrons. The SMILES string of the molecule is CCCCn1ncn(-c2ccc(N3CCN(c4ccc(OCC5COC(Cn6cncn6)(c6ccc(Cl)cc6Cl)O5)cc4)CC3)cc2)c1=O. The average molecular weight is 706 g/mol. The molecule has 12 nitrogen and oxygen atoms in total. The highest BCUT2D eigenvalue weighted by Crippen LogP contribution is 2.40. The quantitative estimate of drug-likeness (QED) is 0.169. The van der Waals surface area contributed by atoms with Gasteiger partial charge < -0.3 is 24.0 Å². The second-order valence-corrected chi connectivity index (χ2v) is 13.0. The van der Waals surface area contributed by atoms with Crippen LogP contribution in [0.15, 0.2) is 90.5 Å². The predicted octanol–water partition coefficient (Wildman–Crippen LogP) is 5.41. The molecule has 0 amide bonds. The highest BCUT2D eigenvalue weighted by molar-refractivity contribution is 6.35. The van der Waals surface area contributed by atoms with Gasteiger partial charge in [-0.15, -0.1) is 0 Å². The Kier molecular flexibility index (Phi) is 9.90. The molecule has 0 saturated carbocycles. The number of piperazine rings is 1. The molecule has 2 aromatic heterocycles. The number of anilines is 2. The summed E-state index contributed by atoms with van der Waals surface area (Å²) < 4.78 is 23.7. The van der Waals surface area contributed by atoms with E-state index < -0.39 is 5.79 Å². The molecule has 0 N–H and O–H groups in total. The Morgan fingerprint density at radius 1 is 0.898 bits per heavy atom. The average Bonchev–Trinajstić information content (AvgIpc) is 3.88. The topological polar surface area (TPSA) is 105 Å². The van der Waals surface area contributed by atoms with Gasteiger partial charge in [-0.3, -0.25) is 0 Å². The molecule has 2 fully saturated rings. The number of hydrogen-bond donors (Lipinski definition) is 0. The summed E-state index contributed by atoms with van der Waals surface area (Å²) in [6.45, 7) is 7.19. The largest absolute Gasteiger partial charge is 0.491 e. The fraction of sp³-hybridized carbons (Fsp3) is 0.371. The molecule has 2 saturated heterocycles. The molecule has 0 spiro atoms. The van der Waals surface area contributed by atoms with Crippen LogP contribution >= 0.6 is 23.2 Å². The summed E-state index contributed by atoms with van der Waals surface area (Å²) in [7, 11) is 0. The molecule has 4 heterocycles. The Labute approximate surface area is 294 Å². The summed E-state index contributed by atoms with van der Waals surface area (Å²) >= 11 is 12.7. The van der Waals surface area contributed by atoms with E-state index in [2.05, 4.69) is 56.2 Å². The van der Waals surface area contributed by atoms with Gasteiger partial charge in [0.2, 0.25) is 5.79 Å². The second kappa shape index (κ2) is 14.6. The van der Waals surface area contributed by atoms with Gasteiger partial charge in [0.1, 0.15) is 44.0 Å². The molecule has 2 aliphatic rings. The summed E-state index contributed by atoms with van der Waals surface area (Å²) in [4.78, 5) is 21.5. The monoisotopic (exact) mass is 704 g/mol. The number of unbranched alkanes of at least 4 members (excludes halogenated alkanes) is 1. The molecule has 0 aliphatic carbocycles. The van der Waals surface area contributed by atoms with E-state index >= 15 is 0 Å². The van der Waals surface area contributed by atoms with Crippen LogP contribution in [0, 0.1) is 0 Å². The minimum Gasteiger partial charge on any atom is -0.491 e. The molecule has 49 heavy (non-hydrogen) atoms. The van der Waals surface area contributed by atoms with Crippen molar-refractivity contribution in [1.82, 2.24) is 29.1 Å². The first kappa shape index (κ1) is 33.2. The lowest BCUT2D eigenvalue weighted by atomic mass is 10.1. The molecular weight excluding hydrogens is 667 g/mol. The number of halogens is 2. The molecule has 2 atom stereocenters. The Balaban J connectivity index is 0.919. The van der Waals surface area contributed by atoms with E-state index in [0.717, 1.165) is 61.8 Å². The number of rotatable bonds is 12. The van der Waals surface area contributed by atoms with E-state index in [1.165, 1.54) is 11.0 Å². The Morgan fingerprint density at radius 2 is 1.59 bits per heavy atom. The third kappa shape index (κ3) is 7.32. The van der Waals surface area contributed by atoms with Crippen molar-refractivity contribution < 1.29 is 14.2 Å². The maximum absolute atomic E-state index is 12.7. The highest BCUT2D eigenvalue weighted by Gasteiger charge is 2.45. The van der Waals surface area contributed by atoms with E-state index in [9.17, 15) is 4.79 Å². The van der Waals surface area contributed by atoms with Gasteiger partial charge in [0.25, 0.3) is 0 Å². The van der Waals surface area contributed by atoms with E-state index in [1.54, 1.807) is 34.0 Å². The van der Waals surface area contributed by atoms with Gasteiger partial charge in [0, 0.05) is 54.7 Å². The summed E-state index contributed by atoms with van der Waals surface area (Å²) in [5.41, 5.74) is 3.67. The molecule has 2 aliphatic heterocycles.